The summed E-state index contributed by atoms with van der Waals surface area (Å²) in [7, 11) is 0. The zero-order valence-corrected chi connectivity index (χ0v) is 30.6. The second-order valence-electron chi connectivity index (χ2n) is 14.5. The van der Waals surface area contributed by atoms with Crippen LogP contribution in [0.25, 0.3) is 87.6 Å². The quantitative estimate of drug-likeness (QED) is 0.171. The summed E-state index contributed by atoms with van der Waals surface area (Å²) in [6, 6.07) is 76.5. The smallest absolute Gasteiger partial charge is 0.143 e. The van der Waals surface area contributed by atoms with E-state index in [0.717, 1.165) is 55.5 Å². The number of nitrogens with zero attached hydrogens (tertiary/aromatic N) is 1. The molecule has 11 aromatic rings. The summed E-state index contributed by atoms with van der Waals surface area (Å²) in [5.74, 6) is 0. The fourth-order valence-corrected chi connectivity index (χ4v) is 8.54. The lowest BCUT2D eigenvalue weighted by Gasteiger charge is -2.29. The van der Waals surface area contributed by atoms with Crippen LogP contribution in [-0.2, 0) is 0 Å². The Morgan fingerprint density at radius 2 is 0.893 bits per heavy atom. The molecule has 0 unspecified atom stereocenters. The van der Waals surface area contributed by atoms with Crippen molar-refractivity contribution in [2.24, 2.45) is 0 Å². The highest BCUT2D eigenvalue weighted by atomic mass is 16.3. The van der Waals surface area contributed by atoms with Gasteiger partial charge < -0.3 is 9.32 Å². The summed E-state index contributed by atoms with van der Waals surface area (Å²) in [5, 5.41) is 9.44. The lowest BCUT2D eigenvalue weighted by atomic mass is 9.95. The Labute approximate surface area is 325 Å². The summed E-state index contributed by atoms with van der Waals surface area (Å²) < 4.78 is 6.65. The summed E-state index contributed by atoms with van der Waals surface area (Å²) in [6.45, 7) is 0. The third kappa shape index (κ3) is 5.34. The van der Waals surface area contributed by atoms with E-state index >= 15 is 0 Å². The van der Waals surface area contributed by atoms with Crippen LogP contribution in [0.1, 0.15) is 0 Å². The number of para-hydroxylation sites is 1. The molecule has 0 radical (unpaired) electrons. The van der Waals surface area contributed by atoms with Crippen LogP contribution < -0.4 is 4.90 Å². The van der Waals surface area contributed by atoms with E-state index in [2.05, 4.69) is 217 Å². The Balaban J connectivity index is 1.07. The molecule has 0 saturated carbocycles. The van der Waals surface area contributed by atoms with E-state index in [4.69, 9.17) is 4.42 Å². The minimum Gasteiger partial charge on any atom is -0.455 e. The molecule has 0 N–H and O–H groups in total. The van der Waals surface area contributed by atoms with E-state index in [1.165, 1.54) is 49.2 Å². The van der Waals surface area contributed by atoms with Crippen molar-refractivity contribution in [2.45, 2.75) is 0 Å². The molecule has 0 aliphatic rings. The molecule has 11 rings (SSSR count). The van der Waals surface area contributed by atoms with Crippen LogP contribution in [0.3, 0.4) is 0 Å². The van der Waals surface area contributed by atoms with Crippen molar-refractivity contribution in [1.82, 2.24) is 0 Å². The number of benzene rings is 10. The van der Waals surface area contributed by atoms with Gasteiger partial charge in [-0.25, -0.2) is 0 Å². The van der Waals surface area contributed by atoms with Crippen LogP contribution >= 0.6 is 0 Å². The molecule has 0 aliphatic carbocycles. The Morgan fingerprint density at radius 3 is 1.75 bits per heavy atom. The molecule has 1 aromatic heterocycles. The molecule has 1 heterocycles. The Bertz CT molecular complexity index is 3260. The minimum absolute atomic E-state index is 0.885. The van der Waals surface area contributed by atoms with Gasteiger partial charge in [0.2, 0.25) is 0 Å². The van der Waals surface area contributed by atoms with Gasteiger partial charge in [0.25, 0.3) is 0 Å². The van der Waals surface area contributed by atoms with Gasteiger partial charge in [0, 0.05) is 32.8 Å². The van der Waals surface area contributed by atoms with Crippen molar-refractivity contribution in [3.05, 3.63) is 212 Å². The van der Waals surface area contributed by atoms with Gasteiger partial charge in [-0.05, 0) is 97.9 Å². The third-order valence-electron chi connectivity index (χ3n) is 11.2. The van der Waals surface area contributed by atoms with Crippen molar-refractivity contribution in [1.29, 1.82) is 0 Å². The normalized spacial score (nSPS) is 11.6. The second-order valence-corrected chi connectivity index (χ2v) is 14.5. The molecule has 2 heteroatoms. The topological polar surface area (TPSA) is 16.4 Å². The molecule has 0 bridgehead atoms. The van der Waals surface area contributed by atoms with Gasteiger partial charge in [-0.3, -0.25) is 0 Å². The van der Waals surface area contributed by atoms with E-state index in [0.29, 0.717) is 0 Å². The van der Waals surface area contributed by atoms with Gasteiger partial charge in [0.05, 0.1) is 11.4 Å². The maximum atomic E-state index is 6.65. The van der Waals surface area contributed by atoms with Gasteiger partial charge >= 0.3 is 0 Å². The number of furan rings is 1. The first kappa shape index (κ1) is 32.0. The molecular weight excluding hydrogens is 679 g/mol. The SMILES string of the molecule is c1cc(-c2ccc(N(c3ccccc3-c3cccc4oc5c6ccccc6ccc5c34)c3cccc4ccccc34)cc2)cc(-c2ccc3ccccc3c2)c1. The first-order chi connectivity index (χ1) is 27.8. The summed E-state index contributed by atoms with van der Waals surface area (Å²) in [6.07, 6.45) is 0. The number of anilines is 3. The molecule has 0 aliphatic heterocycles. The molecule has 0 fully saturated rings. The zero-order chi connectivity index (χ0) is 37.0. The molecule has 0 atom stereocenters. The average molecular weight is 714 g/mol. The monoisotopic (exact) mass is 713 g/mol. The fraction of sp³-hybridized carbons (Fsp3) is 0. The Hall–Kier alpha value is -7.42. The number of hydrogen-bond donors (Lipinski definition) is 0. The van der Waals surface area contributed by atoms with E-state index in [9.17, 15) is 0 Å². The maximum absolute atomic E-state index is 6.65. The van der Waals surface area contributed by atoms with Crippen LogP contribution in [-0.4, -0.2) is 0 Å². The lowest BCUT2D eigenvalue weighted by Crippen LogP contribution is -2.11. The van der Waals surface area contributed by atoms with Crippen molar-refractivity contribution in [3.8, 4) is 33.4 Å². The largest absolute Gasteiger partial charge is 0.455 e. The first-order valence-electron chi connectivity index (χ1n) is 19.2. The standard InChI is InChI=1S/C54H35NO/c1-2-15-40-35-43(27-26-36(40)12-1)42-18-9-17-41(34-42)37-28-31-44(32-29-37)55(50-24-10-16-38-13-3-5-19-45(38)50)51-23-8-7-21-47(51)48-22-11-25-52-53(48)49-33-30-39-14-4-6-20-46(39)54(49)56-52/h1-35H. The van der Waals surface area contributed by atoms with Crippen molar-refractivity contribution >= 4 is 71.3 Å². The minimum atomic E-state index is 0.885. The highest BCUT2D eigenvalue weighted by Gasteiger charge is 2.22. The Morgan fingerprint density at radius 1 is 0.321 bits per heavy atom. The van der Waals surface area contributed by atoms with Crippen LogP contribution in [0.4, 0.5) is 17.1 Å². The van der Waals surface area contributed by atoms with E-state index in [1.807, 2.05) is 0 Å². The molecular formula is C54H35NO. The van der Waals surface area contributed by atoms with E-state index in [-0.39, 0.29) is 0 Å². The van der Waals surface area contributed by atoms with Crippen LogP contribution in [0.2, 0.25) is 0 Å². The highest BCUT2D eigenvalue weighted by molar-refractivity contribution is 6.20. The molecule has 2 nitrogen and oxygen atoms in total. The Kier molecular flexibility index (Phi) is 7.53. The van der Waals surface area contributed by atoms with E-state index < -0.39 is 0 Å². The predicted molar refractivity (Wildman–Crippen MR) is 237 cm³/mol. The average Bonchev–Trinajstić information content (AvgIpc) is 3.67. The molecule has 10 aromatic carbocycles. The first-order valence-corrected chi connectivity index (χ1v) is 19.2. The number of fused-ring (bicyclic) bond motifs is 7. The zero-order valence-electron chi connectivity index (χ0n) is 30.6. The summed E-state index contributed by atoms with van der Waals surface area (Å²) >= 11 is 0. The van der Waals surface area contributed by atoms with Crippen molar-refractivity contribution < 1.29 is 4.42 Å². The van der Waals surface area contributed by atoms with Crippen LogP contribution in [0, 0.1) is 0 Å². The summed E-state index contributed by atoms with van der Waals surface area (Å²) in [4.78, 5) is 2.42. The van der Waals surface area contributed by atoms with Crippen LogP contribution in [0.15, 0.2) is 217 Å². The molecule has 56 heavy (non-hydrogen) atoms. The van der Waals surface area contributed by atoms with Gasteiger partial charge in [0.1, 0.15) is 11.2 Å². The molecule has 0 amide bonds. The van der Waals surface area contributed by atoms with Crippen molar-refractivity contribution in [2.75, 3.05) is 4.90 Å². The molecule has 0 saturated heterocycles. The van der Waals surface area contributed by atoms with Gasteiger partial charge in [0.15, 0.2) is 0 Å². The van der Waals surface area contributed by atoms with Crippen molar-refractivity contribution in [3.63, 3.8) is 0 Å². The fourth-order valence-electron chi connectivity index (χ4n) is 8.54. The molecule has 0 spiro atoms. The third-order valence-corrected chi connectivity index (χ3v) is 11.2. The maximum Gasteiger partial charge on any atom is 0.143 e. The predicted octanol–water partition coefficient (Wildman–Crippen LogP) is 15.5. The number of rotatable bonds is 6. The highest BCUT2D eigenvalue weighted by Crippen LogP contribution is 2.47. The van der Waals surface area contributed by atoms with Crippen LogP contribution in [0.5, 0.6) is 0 Å². The molecule has 262 valence electrons. The van der Waals surface area contributed by atoms with Gasteiger partial charge in [-0.15, -0.1) is 0 Å². The number of hydrogen-bond acceptors (Lipinski definition) is 2. The van der Waals surface area contributed by atoms with E-state index in [1.54, 1.807) is 0 Å². The lowest BCUT2D eigenvalue weighted by molar-refractivity contribution is 0.673. The second kappa shape index (κ2) is 13.2. The summed E-state index contributed by atoms with van der Waals surface area (Å²) in [5.41, 5.74) is 12.2. The van der Waals surface area contributed by atoms with Gasteiger partial charge in [-0.2, -0.15) is 0 Å². The van der Waals surface area contributed by atoms with Gasteiger partial charge in [-0.1, -0.05) is 164 Å².